The average Bonchev–Trinajstić information content (AvgIpc) is 2.88. The number of hydrogen-bond donors (Lipinski definition) is 1. The summed E-state index contributed by atoms with van der Waals surface area (Å²) in [4.78, 5) is 43.3. The van der Waals surface area contributed by atoms with Crippen LogP contribution in [0.1, 0.15) is 6.92 Å². The van der Waals surface area contributed by atoms with Crippen LogP contribution < -0.4 is 5.73 Å². The number of amidine groups is 1. The highest BCUT2D eigenvalue weighted by molar-refractivity contribution is 6.23. The lowest BCUT2D eigenvalue weighted by Crippen LogP contribution is -2.63. The number of carbonyl (C=O) groups excluding carboxylic acids is 3. The third-order valence-corrected chi connectivity index (χ3v) is 3.93. The molecule has 1 unspecified atom stereocenters. The van der Waals surface area contributed by atoms with E-state index >= 15 is 0 Å². The van der Waals surface area contributed by atoms with Crippen LogP contribution in [0, 0.1) is 0 Å². The van der Waals surface area contributed by atoms with Gasteiger partial charge in [-0.25, -0.2) is 9.37 Å². The van der Waals surface area contributed by atoms with Gasteiger partial charge in [0.15, 0.2) is 6.54 Å². The summed E-state index contributed by atoms with van der Waals surface area (Å²) < 4.78 is 1.72. The van der Waals surface area contributed by atoms with Crippen molar-refractivity contribution < 1.29 is 19.0 Å². The van der Waals surface area contributed by atoms with Gasteiger partial charge in [-0.15, -0.1) is 16.7 Å². The van der Waals surface area contributed by atoms with Gasteiger partial charge in [0.05, 0.1) is 5.71 Å². The Bertz CT molecular complexity index is 751. The molecule has 0 saturated carbocycles. The van der Waals surface area contributed by atoms with Gasteiger partial charge in [-0.3, -0.25) is 19.4 Å². The normalized spacial score (nSPS) is 23.1. The van der Waals surface area contributed by atoms with E-state index in [9.17, 15) is 14.4 Å². The van der Waals surface area contributed by atoms with Gasteiger partial charge < -0.3 is 5.73 Å². The molecule has 0 radical (unpaired) electrons. The minimum absolute atomic E-state index is 0.118. The molecular formula is C14H18N7O3+. The molecule has 3 aliphatic heterocycles. The molecule has 0 bridgehead atoms. The number of rotatable bonds is 4. The van der Waals surface area contributed by atoms with E-state index in [0.717, 1.165) is 4.90 Å². The Balaban J connectivity index is 2.03. The fourth-order valence-electron chi connectivity index (χ4n) is 2.95. The lowest BCUT2D eigenvalue weighted by atomic mass is 10.1. The molecule has 0 spiro atoms. The standard InChI is InChI=1S/C14H17N7O3/c1-4-5-19-12(23)10-11(18(3)14(19)24)16-13-20(10)6-8(2)17-21(13)7-9(15)22/h4,10H,1,5-7H2,2-3H3,(H-,15,22)/p+1. The summed E-state index contributed by atoms with van der Waals surface area (Å²) in [6.07, 6.45) is 1.49. The lowest BCUT2D eigenvalue weighted by Gasteiger charge is -2.33. The molecular weight excluding hydrogens is 314 g/mol. The highest BCUT2D eigenvalue weighted by Gasteiger charge is 2.54. The highest BCUT2D eigenvalue weighted by Crippen LogP contribution is 2.22. The number of urea groups is 1. The fraction of sp³-hybridized carbons (Fsp3) is 0.429. The quantitative estimate of drug-likeness (QED) is 0.493. The van der Waals surface area contributed by atoms with Crippen LogP contribution in [-0.4, -0.2) is 87.5 Å². The van der Waals surface area contributed by atoms with Crippen molar-refractivity contribution in [1.29, 1.82) is 0 Å². The average molecular weight is 332 g/mol. The summed E-state index contributed by atoms with van der Waals surface area (Å²) in [5.41, 5.74) is 5.96. The van der Waals surface area contributed by atoms with Gasteiger partial charge in [0.25, 0.3) is 11.8 Å². The van der Waals surface area contributed by atoms with E-state index in [1.807, 2.05) is 0 Å². The van der Waals surface area contributed by atoms with Crippen molar-refractivity contribution >= 4 is 35.4 Å². The number of fused-ring (bicyclic) bond motifs is 2. The first-order valence-electron chi connectivity index (χ1n) is 7.37. The van der Waals surface area contributed by atoms with Crippen LogP contribution in [0.15, 0.2) is 22.7 Å². The van der Waals surface area contributed by atoms with Gasteiger partial charge >= 0.3 is 12.0 Å². The number of amides is 4. The summed E-state index contributed by atoms with van der Waals surface area (Å²) in [6.45, 7) is 5.70. The number of primary amides is 1. The largest absolute Gasteiger partial charge is 0.417 e. The monoisotopic (exact) mass is 332 g/mol. The molecule has 3 heterocycles. The minimum atomic E-state index is -0.733. The summed E-state index contributed by atoms with van der Waals surface area (Å²) in [5.74, 6) is -0.284. The zero-order valence-corrected chi connectivity index (χ0v) is 13.5. The van der Waals surface area contributed by atoms with E-state index in [-0.39, 0.29) is 19.0 Å². The third kappa shape index (κ3) is 2.27. The Kier molecular flexibility index (Phi) is 3.66. The molecule has 10 heteroatoms. The van der Waals surface area contributed by atoms with E-state index in [0.29, 0.717) is 24.1 Å². The van der Waals surface area contributed by atoms with E-state index in [2.05, 4.69) is 16.7 Å². The maximum atomic E-state index is 12.8. The molecule has 0 aromatic rings. The zero-order valence-electron chi connectivity index (χ0n) is 13.5. The summed E-state index contributed by atoms with van der Waals surface area (Å²) >= 11 is 0. The Hall–Kier alpha value is -3.04. The maximum Gasteiger partial charge on any atom is 0.417 e. The molecule has 1 atom stereocenters. The number of imide groups is 1. The maximum absolute atomic E-state index is 12.8. The van der Waals surface area contributed by atoms with Crippen LogP contribution in [0.3, 0.4) is 0 Å². The van der Waals surface area contributed by atoms with Crippen molar-refractivity contribution in [3.63, 3.8) is 0 Å². The summed E-state index contributed by atoms with van der Waals surface area (Å²) in [5, 5.41) is 5.62. The Morgan fingerprint density at radius 2 is 2.21 bits per heavy atom. The third-order valence-electron chi connectivity index (χ3n) is 3.93. The molecule has 0 aliphatic carbocycles. The Morgan fingerprint density at radius 1 is 1.50 bits per heavy atom. The van der Waals surface area contributed by atoms with Crippen molar-refractivity contribution in [2.45, 2.75) is 13.0 Å². The molecule has 10 nitrogen and oxygen atoms in total. The van der Waals surface area contributed by atoms with Crippen LogP contribution in [-0.2, 0) is 9.59 Å². The molecule has 1 saturated heterocycles. The molecule has 3 rings (SSSR count). The smallest absolute Gasteiger partial charge is 0.367 e. The Labute approximate surface area is 138 Å². The summed E-state index contributed by atoms with van der Waals surface area (Å²) in [7, 11) is 1.56. The number of hydrogen-bond acceptors (Lipinski definition) is 6. The number of aliphatic imine (C=N–C) groups is 1. The molecule has 3 aliphatic rings. The number of hydrazone groups is 1. The van der Waals surface area contributed by atoms with Gasteiger partial charge in [-0.1, -0.05) is 11.1 Å². The zero-order chi connectivity index (χ0) is 17.6. The van der Waals surface area contributed by atoms with Gasteiger partial charge in [0.2, 0.25) is 11.9 Å². The predicted molar refractivity (Wildman–Crippen MR) is 85.4 cm³/mol. The first kappa shape index (κ1) is 15.8. The minimum Gasteiger partial charge on any atom is -0.367 e. The van der Waals surface area contributed by atoms with Crippen molar-refractivity contribution in [2.24, 2.45) is 15.8 Å². The van der Waals surface area contributed by atoms with Crippen molar-refractivity contribution in [3.05, 3.63) is 12.7 Å². The van der Waals surface area contributed by atoms with E-state index < -0.39 is 18.0 Å². The first-order chi connectivity index (χ1) is 11.3. The SMILES string of the molecule is C=CCN1C(=O)C2C(=NC3=[N+]2CC(C)=NN3CC(N)=O)N(C)C1=O. The van der Waals surface area contributed by atoms with E-state index in [1.54, 1.807) is 18.5 Å². The van der Waals surface area contributed by atoms with Gasteiger partial charge in [0.1, 0.15) is 6.54 Å². The highest BCUT2D eigenvalue weighted by atomic mass is 16.2. The number of likely N-dealkylation sites (N-methyl/N-ethyl adjacent to an activating group) is 1. The fourth-order valence-corrected chi connectivity index (χ4v) is 2.95. The molecule has 1 fully saturated rings. The molecule has 0 aromatic heterocycles. The molecule has 24 heavy (non-hydrogen) atoms. The summed E-state index contributed by atoms with van der Waals surface area (Å²) in [6, 6.07) is -1.20. The molecule has 0 aromatic carbocycles. The van der Waals surface area contributed by atoms with Crippen LogP contribution in [0.5, 0.6) is 0 Å². The second kappa shape index (κ2) is 5.55. The van der Waals surface area contributed by atoms with Gasteiger partial charge in [0, 0.05) is 13.6 Å². The second-order valence-corrected chi connectivity index (χ2v) is 5.74. The molecule has 126 valence electrons. The second-order valence-electron chi connectivity index (χ2n) is 5.74. The molecule has 4 amide bonds. The topological polar surface area (TPSA) is 115 Å². The number of carbonyl (C=O) groups is 3. The van der Waals surface area contributed by atoms with Crippen LogP contribution in [0.2, 0.25) is 0 Å². The van der Waals surface area contributed by atoms with Crippen LogP contribution in [0.25, 0.3) is 0 Å². The van der Waals surface area contributed by atoms with Crippen LogP contribution in [0.4, 0.5) is 4.79 Å². The van der Waals surface area contributed by atoms with E-state index in [1.165, 1.54) is 16.0 Å². The number of nitrogens with zero attached hydrogens (tertiary/aromatic N) is 6. The van der Waals surface area contributed by atoms with Crippen molar-refractivity contribution in [2.75, 3.05) is 26.7 Å². The Morgan fingerprint density at radius 3 is 2.83 bits per heavy atom. The lowest BCUT2D eigenvalue weighted by molar-refractivity contribution is -0.527. The predicted octanol–water partition coefficient (Wildman–Crippen LogP) is -1.61. The van der Waals surface area contributed by atoms with Gasteiger partial charge in [-0.05, 0) is 6.92 Å². The van der Waals surface area contributed by atoms with Crippen LogP contribution >= 0.6 is 0 Å². The molecule has 2 N–H and O–H groups in total. The van der Waals surface area contributed by atoms with Gasteiger partial charge in [-0.2, -0.15) is 0 Å². The first-order valence-corrected chi connectivity index (χ1v) is 7.37. The van der Waals surface area contributed by atoms with Crippen molar-refractivity contribution in [1.82, 2.24) is 14.8 Å². The number of guanidine groups is 1. The van der Waals surface area contributed by atoms with E-state index in [4.69, 9.17) is 5.73 Å². The number of nitrogens with two attached hydrogens (primary N) is 1. The van der Waals surface area contributed by atoms with Crippen molar-refractivity contribution in [3.8, 4) is 0 Å².